The van der Waals surface area contributed by atoms with Crippen molar-refractivity contribution in [2.75, 3.05) is 11.9 Å². The second-order valence-corrected chi connectivity index (χ2v) is 5.97. The third-order valence-corrected chi connectivity index (χ3v) is 4.16. The zero-order valence-corrected chi connectivity index (χ0v) is 14.4. The zero-order valence-electron chi connectivity index (χ0n) is 14.4. The van der Waals surface area contributed by atoms with E-state index in [0.717, 1.165) is 30.5 Å². The molecule has 0 bridgehead atoms. The van der Waals surface area contributed by atoms with Gasteiger partial charge in [-0.3, -0.25) is 14.6 Å². The molecule has 0 spiro atoms. The molecule has 2 rings (SSSR count). The van der Waals surface area contributed by atoms with Crippen LogP contribution in [0.5, 0.6) is 0 Å². The van der Waals surface area contributed by atoms with E-state index in [1.807, 2.05) is 19.1 Å². The van der Waals surface area contributed by atoms with Crippen LogP contribution in [0.25, 0.3) is 6.08 Å². The highest BCUT2D eigenvalue weighted by Crippen LogP contribution is 2.21. The number of aromatic nitrogens is 1. The first-order chi connectivity index (χ1) is 11.6. The summed E-state index contributed by atoms with van der Waals surface area (Å²) in [4.78, 5) is 30.3. The minimum atomic E-state index is -0.434. The number of allylic oxidation sites excluding steroid dienone is 1. The standard InChI is InChI=1S/C19H25N3O2/c1-4-6-7-9-15-12-16(13-20-14(15)3)21-19(24)17-10-8-11-22(17)18(23)5-2/h5,7,9,12-13,17H,2,4,6,8,10-11H2,1,3H3,(H,21,24)/b9-7-. The molecule has 0 saturated carbocycles. The van der Waals surface area contributed by atoms with Crippen LogP contribution in [0, 0.1) is 6.92 Å². The van der Waals surface area contributed by atoms with Crippen LogP contribution in [0.4, 0.5) is 5.69 Å². The maximum Gasteiger partial charge on any atom is 0.247 e. The van der Waals surface area contributed by atoms with Gasteiger partial charge in [-0.1, -0.05) is 32.1 Å². The van der Waals surface area contributed by atoms with E-state index in [2.05, 4.69) is 29.9 Å². The number of unbranched alkanes of at least 4 members (excludes halogenated alkanes) is 1. The fourth-order valence-corrected chi connectivity index (χ4v) is 2.81. The molecule has 2 heterocycles. The molecule has 1 aliphatic rings. The van der Waals surface area contributed by atoms with E-state index in [1.54, 1.807) is 11.1 Å². The van der Waals surface area contributed by atoms with Gasteiger partial charge in [0, 0.05) is 12.2 Å². The van der Waals surface area contributed by atoms with E-state index in [1.165, 1.54) is 6.08 Å². The lowest BCUT2D eigenvalue weighted by molar-refractivity contribution is -0.132. The summed E-state index contributed by atoms with van der Waals surface area (Å²) in [5, 5.41) is 2.89. The number of nitrogens with one attached hydrogen (secondary N) is 1. The highest BCUT2D eigenvalue weighted by atomic mass is 16.2. The van der Waals surface area contributed by atoms with Gasteiger partial charge < -0.3 is 10.2 Å². The van der Waals surface area contributed by atoms with Crippen LogP contribution >= 0.6 is 0 Å². The maximum absolute atomic E-state index is 12.5. The fraction of sp³-hybridized carbons (Fsp3) is 0.421. The average Bonchev–Trinajstić information content (AvgIpc) is 3.07. The molecule has 24 heavy (non-hydrogen) atoms. The molecule has 1 aromatic heterocycles. The molecular weight excluding hydrogens is 302 g/mol. The molecule has 1 N–H and O–H groups in total. The number of hydrogen-bond donors (Lipinski definition) is 1. The van der Waals surface area contributed by atoms with Gasteiger partial charge in [-0.15, -0.1) is 0 Å². The van der Waals surface area contributed by atoms with Crippen molar-refractivity contribution in [3.05, 3.63) is 42.3 Å². The predicted octanol–water partition coefficient (Wildman–Crippen LogP) is 3.32. The molecule has 1 aliphatic heterocycles. The van der Waals surface area contributed by atoms with E-state index in [9.17, 15) is 9.59 Å². The summed E-state index contributed by atoms with van der Waals surface area (Å²) in [6, 6.07) is 1.48. The number of hydrogen-bond acceptors (Lipinski definition) is 3. The summed E-state index contributed by atoms with van der Waals surface area (Å²) in [5.74, 6) is -0.366. The first kappa shape index (κ1) is 17.9. The highest BCUT2D eigenvalue weighted by molar-refractivity contribution is 5.99. The molecule has 0 aliphatic carbocycles. The number of carbonyl (C=O) groups excluding carboxylic acids is 2. The van der Waals surface area contributed by atoms with Crippen molar-refractivity contribution in [2.45, 2.75) is 45.6 Å². The number of rotatable bonds is 6. The quantitative estimate of drug-likeness (QED) is 0.815. The van der Waals surface area contributed by atoms with E-state index >= 15 is 0 Å². The van der Waals surface area contributed by atoms with Crippen LogP contribution in [0.1, 0.15) is 43.9 Å². The second-order valence-electron chi connectivity index (χ2n) is 5.97. The van der Waals surface area contributed by atoms with Crippen LogP contribution < -0.4 is 5.32 Å². The van der Waals surface area contributed by atoms with Gasteiger partial charge in [-0.25, -0.2) is 0 Å². The lowest BCUT2D eigenvalue weighted by atomic mass is 10.1. The van der Waals surface area contributed by atoms with Gasteiger partial charge in [0.15, 0.2) is 0 Å². The second kappa shape index (κ2) is 8.43. The highest BCUT2D eigenvalue weighted by Gasteiger charge is 2.32. The molecule has 1 atom stereocenters. The molecule has 1 aromatic rings. The van der Waals surface area contributed by atoms with Gasteiger partial charge in [-0.2, -0.15) is 0 Å². The normalized spacial score (nSPS) is 17.2. The Bertz CT molecular complexity index is 652. The molecule has 1 saturated heterocycles. The van der Waals surface area contributed by atoms with Crippen molar-refractivity contribution in [1.82, 2.24) is 9.88 Å². The molecule has 5 nitrogen and oxygen atoms in total. The summed E-state index contributed by atoms with van der Waals surface area (Å²) in [6.45, 7) is 8.17. The number of aryl methyl sites for hydroxylation is 1. The van der Waals surface area contributed by atoms with Gasteiger partial charge in [0.1, 0.15) is 6.04 Å². The Morgan fingerprint density at radius 1 is 1.50 bits per heavy atom. The largest absolute Gasteiger partial charge is 0.327 e. The number of amides is 2. The predicted molar refractivity (Wildman–Crippen MR) is 96.5 cm³/mol. The van der Waals surface area contributed by atoms with Crippen LogP contribution in [-0.2, 0) is 9.59 Å². The fourth-order valence-electron chi connectivity index (χ4n) is 2.81. The van der Waals surface area contributed by atoms with Crippen LogP contribution in [0.15, 0.2) is 31.0 Å². The first-order valence-electron chi connectivity index (χ1n) is 8.44. The Labute approximate surface area is 143 Å². The Kier molecular flexibility index (Phi) is 6.29. The van der Waals surface area contributed by atoms with E-state index in [-0.39, 0.29) is 11.8 Å². The number of anilines is 1. The van der Waals surface area contributed by atoms with E-state index < -0.39 is 6.04 Å². The van der Waals surface area contributed by atoms with Crippen molar-refractivity contribution >= 4 is 23.6 Å². The molecule has 1 unspecified atom stereocenters. The van der Waals surface area contributed by atoms with Gasteiger partial charge in [0.2, 0.25) is 11.8 Å². The summed E-state index contributed by atoms with van der Waals surface area (Å²) in [7, 11) is 0. The third-order valence-electron chi connectivity index (χ3n) is 4.16. The molecular formula is C19H25N3O2. The molecule has 128 valence electrons. The number of likely N-dealkylation sites (tertiary alicyclic amines) is 1. The Hall–Kier alpha value is -2.43. The van der Waals surface area contributed by atoms with Crippen LogP contribution in [0.3, 0.4) is 0 Å². The third kappa shape index (κ3) is 4.31. The van der Waals surface area contributed by atoms with Gasteiger partial charge in [0.25, 0.3) is 0 Å². The number of nitrogens with zero attached hydrogens (tertiary/aromatic N) is 2. The van der Waals surface area contributed by atoms with Crippen molar-refractivity contribution in [2.24, 2.45) is 0 Å². The van der Waals surface area contributed by atoms with Crippen molar-refractivity contribution in [1.29, 1.82) is 0 Å². The topological polar surface area (TPSA) is 62.3 Å². The van der Waals surface area contributed by atoms with Crippen molar-refractivity contribution in [3.63, 3.8) is 0 Å². The summed E-state index contributed by atoms with van der Waals surface area (Å²) in [5.41, 5.74) is 2.57. The smallest absolute Gasteiger partial charge is 0.247 e. The van der Waals surface area contributed by atoms with Gasteiger partial charge >= 0.3 is 0 Å². The van der Waals surface area contributed by atoms with Crippen LogP contribution in [0.2, 0.25) is 0 Å². The van der Waals surface area contributed by atoms with E-state index in [0.29, 0.717) is 18.7 Å². The Balaban J connectivity index is 2.10. The van der Waals surface area contributed by atoms with E-state index in [4.69, 9.17) is 0 Å². The molecule has 0 radical (unpaired) electrons. The summed E-state index contributed by atoms with van der Waals surface area (Å²) >= 11 is 0. The number of pyridine rings is 1. The number of carbonyl (C=O) groups is 2. The average molecular weight is 327 g/mol. The van der Waals surface area contributed by atoms with Crippen molar-refractivity contribution in [3.8, 4) is 0 Å². The van der Waals surface area contributed by atoms with Crippen molar-refractivity contribution < 1.29 is 9.59 Å². The summed E-state index contributed by atoms with van der Waals surface area (Å²) in [6.07, 6.45) is 10.7. The molecule has 2 amide bonds. The minimum Gasteiger partial charge on any atom is -0.327 e. The molecule has 5 heteroatoms. The zero-order chi connectivity index (χ0) is 17.5. The minimum absolute atomic E-state index is 0.170. The molecule has 1 fully saturated rings. The lowest BCUT2D eigenvalue weighted by Crippen LogP contribution is -2.42. The van der Waals surface area contributed by atoms with Gasteiger partial charge in [-0.05, 0) is 43.9 Å². The molecule has 0 aromatic carbocycles. The van der Waals surface area contributed by atoms with Crippen LogP contribution in [-0.4, -0.2) is 34.3 Å². The SMILES string of the molecule is C=CC(=O)N1CCCC1C(=O)Nc1cnc(C)c(/C=C\CCC)c1. The Morgan fingerprint density at radius 2 is 2.29 bits per heavy atom. The first-order valence-corrected chi connectivity index (χ1v) is 8.44. The summed E-state index contributed by atoms with van der Waals surface area (Å²) < 4.78 is 0. The Morgan fingerprint density at radius 3 is 3.00 bits per heavy atom. The lowest BCUT2D eigenvalue weighted by Gasteiger charge is -2.22. The monoisotopic (exact) mass is 327 g/mol. The van der Waals surface area contributed by atoms with Gasteiger partial charge in [0.05, 0.1) is 11.9 Å². The maximum atomic E-state index is 12.5.